The third kappa shape index (κ3) is 5.75. The molecule has 1 aliphatic rings. The number of benzene rings is 2. The zero-order valence-corrected chi connectivity index (χ0v) is 26.6. The molecule has 0 saturated heterocycles. The molecule has 2 atom stereocenters. The normalized spacial score (nSPS) is 19.1. The molecule has 37 heavy (non-hydrogen) atoms. The SMILES string of the molecule is CC(C)(C)[Si](C)(C)O[C@H]1Cc2c(-c3ccccc3)oc(-c3ccccc3)c2C[C@@H]1O[Si](C)(C)C(C)(C)C. The predicted octanol–water partition coefficient (Wildman–Crippen LogP) is 9.49. The van der Waals surface area contributed by atoms with Gasteiger partial charge < -0.3 is 13.3 Å². The summed E-state index contributed by atoms with van der Waals surface area (Å²) in [5.41, 5.74) is 4.80. The lowest BCUT2D eigenvalue weighted by atomic mass is 9.86. The summed E-state index contributed by atoms with van der Waals surface area (Å²) in [6, 6.07) is 21.1. The maximum Gasteiger partial charge on any atom is 0.192 e. The predicted molar refractivity (Wildman–Crippen MR) is 161 cm³/mol. The van der Waals surface area contributed by atoms with Gasteiger partial charge in [-0.2, -0.15) is 0 Å². The molecule has 0 unspecified atom stereocenters. The number of hydrogen-bond acceptors (Lipinski definition) is 3. The van der Waals surface area contributed by atoms with Crippen LogP contribution in [0.4, 0.5) is 0 Å². The van der Waals surface area contributed by atoms with Crippen LogP contribution in [0.1, 0.15) is 52.7 Å². The molecule has 0 fully saturated rings. The maximum atomic E-state index is 7.17. The number of fused-ring (bicyclic) bond motifs is 1. The fourth-order valence-corrected chi connectivity index (χ4v) is 7.28. The Balaban J connectivity index is 1.85. The highest BCUT2D eigenvalue weighted by Gasteiger charge is 2.47. The Morgan fingerprint density at radius 2 is 0.919 bits per heavy atom. The Bertz CT molecular complexity index is 1100. The highest BCUT2D eigenvalue weighted by atomic mass is 28.4. The lowest BCUT2D eigenvalue weighted by Crippen LogP contribution is -2.54. The standard InChI is InChI=1S/C32H46O3Si2/c1-31(2,3)36(7,8)34-27-21-25-26(22-28(27)35-37(9,10)32(4,5)6)30(24-19-15-12-16-20-24)33-29(25)23-17-13-11-14-18-23/h11-20,27-28H,21-22H2,1-10H3/t27-,28-/m0/s1. The molecular formula is C32H46O3Si2. The Morgan fingerprint density at radius 3 is 1.22 bits per heavy atom. The smallest absolute Gasteiger partial charge is 0.192 e. The van der Waals surface area contributed by atoms with Crippen molar-refractivity contribution in [1.82, 2.24) is 0 Å². The van der Waals surface area contributed by atoms with Gasteiger partial charge in [-0.3, -0.25) is 0 Å². The van der Waals surface area contributed by atoms with Gasteiger partial charge in [-0.15, -0.1) is 0 Å². The highest BCUT2D eigenvalue weighted by Crippen LogP contribution is 2.46. The van der Waals surface area contributed by atoms with Crippen molar-refractivity contribution < 1.29 is 13.3 Å². The monoisotopic (exact) mass is 534 g/mol. The van der Waals surface area contributed by atoms with Crippen LogP contribution in [0.2, 0.25) is 36.3 Å². The summed E-state index contributed by atoms with van der Waals surface area (Å²) >= 11 is 0. The molecule has 1 heterocycles. The van der Waals surface area contributed by atoms with E-state index < -0.39 is 16.6 Å². The summed E-state index contributed by atoms with van der Waals surface area (Å²) in [5, 5.41) is 0.255. The number of rotatable bonds is 6. The second kappa shape index (κ2) is 9.99. The third-order valence-electron chi connectivity index (χ3n) is 8.92. The minimum atomic E-state index is -2.03. The first-order valence-electron chi connectivity index (χ1n) is 13.7. The largest absolute Gasteiger partial charge is 0.456 e. The first-order chi connectivity index (χ1) is 17.1. The van der Waals surface area contributed by atoms with Crippen molar-refractivity contribution >= 4 is 16.6 Å². The van der Waals surface area contributed by atoms with Crippen molar-refractivity contribution in [2.24, 2.45) is 0 Å². The number of hydrogen-bond donors (Lipinski definition) is 0. The zero-order valence-electron chi connectivity index (χ0n) is 24.6. The van der Waals surface area contributed by atoms with E-state index in [4.69, 9.17) is 13.3 Å². The van der Waals surface area contributed by atoms with E-state index in [9.17, 15) is 0 Å². The minimum absolute atomic E-state index is 0.00574. The average molecular weight is 535 g/mol. The van der Waals surface area contributed by atoms with Crippen LogP contribution in [0.15, 0.2) is 65.1 Å². The van der Waals surface area contributed by atoms with Crippen molar-refractivity contribution in [3.05, 3.63) is 71.8 Å². The van der Waals surface area contributed by atoms with E-state index in [1.807, 2.05) is 0 Å². The molecule has 0 spiro atoms. The highest BCUT2D eigenvalue weighted by molar-refractivity contribution is 6.74. The fraction of sp³-hybridized carbons (Fsp3) is 0.500. The molecule has 0 aliphatic heterocycles. The lowest BCUT2D eigenvalue weighted by Gasteiger charge is -2.46. The summed E-state index contributed by atoms with van der Waals surface area (Å²) in [6.45, 7) is 23.3. The second-order valence-corrected chi connectivity index (χ2v) is 23.2. The van der Waals surface area contributed by atoms with Crippen LogP contribution in [0.3, 0.4) is 0 Å². The van der Waals surface area contributed by atoms with E-state index in [0.717, 1.165) is 35.5 Å². The molecule has 2 aromatic carbocycles. The van der Waals surface area contributed by atoms with Crippen molar-refractivity contribution in [3.63, 3.8) is 0 Å². The van der Waals surface area contributed by atoms with E-state index in [2.05, 4.69) is 128 Å². The number of furan rings is 1. The van der Waals surface area contributed by atoms with Gasteiger partial charge in [-0.1, -0.05) is 102 Å². The van der Waals surface area contributed by atoms with Gasteiger partial charge in [-0.25, -0.2) is 0 Å². The Hall–Kier alpha value is -1.93. The van der Waals surface area contributed by atoms with Crippen LogP contribution < -0.4 is 0 Å². The molecule has 0 radical (unpaired) electrons. The summed E-state index contributed by atoms with van der Waals surface area (Å²) in [4.78, 5) is 0. The third-order valence-corrected chi connectivity index (χ3v) is 17.9. The van der Waals surface area contributed by atoms with E-state index in [-0.39, 0.29) is 22.3 Å². The zero-order chi connectivity index (χ0) is 27.2. The van der Waals surface area contributed by atoms with Gasteiger partial charge in [0.1, 0.15) is 11.5 Å². The molecule has 5 heteroatoms. The van der Waals surface area contributed by atoms with Crippen LogP contribution in [-0.4, -0.2) is 28.8 Å². The molecule has 1 aliphatic carbocycles. The van der Waals surface area contributed by atoms with Crippen molar-refractivity contribution in [2.45, 2.75) is 103 Å². The molecule has 3 aromatic rings. The van der Waals surface area contributed by atoms with Gasteiger partial charge in [0.05, 0.1) is 12.2 Å². The molecule has 0 amide bonds. The molecular weight excluding hydrogens is 489 g/mol. The summed E-state index contributed by atoms with van der Waals surface area (Å²) in [6.07, 6.45) is 1.63. The van der Waals surface area contributed by atoms with Gasteiger partial charge in [0.2, 0.25) is 0 Å². The van der Waals surface area contributed by atoms with Crippen LogP contribution >= 0.6 is 0 Å². The van der Waals surface area contributed by atoms with Crippen molar-refractivity contribution in [3.8, 4) is 22.6 Å². The summed E-state index contributed by atoms with van der Waals surface area (Å²) in [7, 11) is -4.05. The summed E-state index contributed by atoms with van der Waals surface area (Å²) in [5.74, 6) is 1.95. The molecule has 1 aromatic heterocycles. The molecule has 4 rings (SSSR count). The van der Waals surface area contributed by atoms with Crippen LogP contribution in [0.25, 0.3) is 22.6 Å². The summed E-state index contributed by atoms with van der Waals surface area (Å²) < 4.78 is 21.1. The minimum Gasteiger partial charge on any atom is -0.456 e. The van der Waals surface area contributed by atoms with E-state index in [1.165, 1.54) is 11.1 Å². The fourth-order valence-electron chi connectivity index (χ4n) is 4.59. The Kier molecular flexibility index (Phi) is 7.59. The first kappa shape index (κ1) is 28.1. The molecule has 0 N–H and O–H groups in total. The average Bonchev–Trinajstić information content (AvgIpc) is 3.17. The molecule has 200 valence electrons. The first-order valence-corrected chi connectivity index (χ1v) is 19.5. The van der Waals surface area contributed by atoms with E-state index in [0.29, 0.717) is 0 Å². The second-order valence-electron chi connectivity index (χ2n) is 13.7. The van der Waals surface area contributed by atoms with Gasteiger partial charge in [-0.05, 0) is 36.3 Å². The van der Waals surface area contributed by atoms with Crippen LogP contribution in [0.5, 0.6) is 0 Å². The van der Waals surface area contributed by atoms with Crippen LogP contribution in [0, 0.1) is 0 Å². The molecule has 3 nitrogen and oxygen atoms in total. The van der Waals surface area contributed by atoms with Gasteiger partial charge in [0, 0.05) is 35.1 Å². The lowest BCUT2D eigenvalue weighted by molar-refractivity contribution is 0.0299. The van der Waals surface area contributed by atoms with Crippen LogP contribution in [-0.2, 0) is 21.7 Å². The Morgan fingerprint density at radius 1 is 0.595 bits per heavy atom. The van der Waals surface area contributed by atoms with Gasteiger partial charge in [0.15, 0.2) is 16.6 Å². The maximum absolute atomic E-state index is 7.17. The quantitative estimate of drug-likeness (QED) is 0.295. The van der Waals surface area contributed by atoms with Crippen molar-refractivity contribution in [1.29, 1.82) is 0 Å². The molecule has 0 saturated carbocycles. The van der Waals surface area contributed by atoms with E-state index >= 15 is 0 Å². The van der Waals surface area contributed by atoms with E-state index in [1.54, 1.807) is 0 Å². The molecule has 0 bridgehead atoms. The van der Waals surface area contributed by atoms with Gasteiger partial charge in [0.25, 0.3) is 0 Å². The Labute approximate surface area is 226 Å². The van der Waals surface area contributed by atoms with Gasteiger partial charge >= 0.3 is 0 Å². The topological polar surface area (TPSA) is 31.6 Å². The van der Waals surface area contributed by atoms with Crippen molar-refractivity contribution in [2.75, 3.05) is 0 Å².